The molecule has 0 fully saturated rings. The summed E-state index contributed by atoms with van der Waals surface area (Å²) < 4.78 is 8.49. The van der Waals surface area contributed by atoms with E-state index in [0.29, 0.717) is 12.2 Å². The molecule has 0 radical (unpaired) electrons. The number of carbonyl (C=O) groups is 1. The molecule has 0 spiro atoms. The highest BCUT2D eigenvalue weighted by atomic mass is 32.1. The summed E-state index contributed by atoms with van der Waals surface area (Å²) in [6, 6.07) is 14.1. The first-order chi connectivity index (χ1) is 19.8. The first-order valence-electron chi connectivity index (χ1n) is 15.9. The Balaban J connectivity index is 1.47. The van der Waals surface area contributed by atoms with Gasteiger partial charge in [-0.3, -0.25) is 4.79 Å². The third kappa shape index (κ3) is 11.6. The smallest absolute Gasteiger partial charge is 0.255 e. The molecule has 0 aliphatic heterocycles. The van der Waals surface area contributed by atoms with Crippen LogP contribution in [0.25, 0.3) is 0 Å². The fraction of sp³-hybridized carbons (Fsp3) is 0.556. The van der Waals surface area contributed by atoms with Crippen LogP contribution in [0, 0.1) is 6.92 Å². The molecule has 0 atom stereocenters. The molecule has 224 valence electrons. The molecule has 4 nitrogen and oxygen atoms in total. The number of hydrogen-bond acceptors (Lipinski definition) is 3. The van der Waals surface area contributed by atoms with Gasteiger partial charge in [-0.15, -0.1) is 0 Å². The highest BCUT2D eigenvalue weighted by Crippen LogP contribution is 2.32. The number of rotatable bonds is 18. The number of aryl methyl sites for hydroxylation is 1. The second kappa shape index (κ2) is 17.3. The largest absolute Gasteiger partial charge is 0.491 e. The summed E-state index contributed by atoms with van der Waals surface area (Å²) in [5.41, 5.74) is 7.12. The standard InChI is InChI=1S/C36H52N2O2S/c1-6-7-8-9-10-11-12-13-14-15-16-17-24-40-34-25-32(36(3,4)5)22-23-33(34)37-35(39)31-20-18-30(19-21-31)26-38-28-41-27-29(38)2/h18-23,25,27-28H,6-17,24,26H2,1-5H3/p+1. The predicted octanol–water partition coefficient (Wildman–Crippen LogP) is 10.0. The number of amides is 1. The van der Waals surface area contributed by atoms with Crippen LogP contribution in [0.2, 0.25) is 0 Å². The molecule has 0 saturated heterocycles. The van der Waals surface area contributed by atoms with Crippen molar-refractivity contribution < 1.29 is 14.1 Å². The zero-order valence-corrected chi connectivity index (χ0v) is 27.1. The molecule has 0 bridgehead atoms. The molecule has 1 aromatic heterocycles. The van der Waals surface area contributed by atoms with Gasteiger partial charge in [0, 0.05) is 18.1 Å². The van der Waals surface area contributed by atoms with Crippen LogP contribution in [-0.2, 0) is 12.0 Å². The number of thiazole rings is 1. The zero-order chi connectivity index (χ0) is 29.5. The summed E-state index contributed by atoms with van der Waals surface area (Å²) in [6.45, 7) is 12.5. The summed E-state index contributed by atoms with van der Waals surface area (Å²) in [6.07, 6.45) is 15.9. The molecule has 5 heteroatoms. The number of unbranched alkanes of at least 4 members (excludes halogenated alkanes) is 11. The SMILES string of the molecule is CCCCCCCCCCCCCCOc1cc(C(C)(C)C)ccc1NC(=O)c1ccc(C[n+]2cscc2C)cc1. The van der Waals surface area contributed by atoms with Crippen molar-refractivity contribution in [3.05, 3.63) is 75.7 Å². The topological polar surface area (TPSA) is 42.2 Å². The van der Waals surface area contributed by atoms with E-state index in [9.17, 15) is 4.79 Å². The molecule has 0 aliphatic rings. The molecular formula is C36H53N2O2S+. The van der Waals surface area contributed by atoms with Gasteiger partial charge in [-0.05, 0) is 41.7 Å². The average molecular weight is 578 g/mol. The van der Waals surface area contributed by atoms with Crippen molar-refractivity contribution in [2.75, 3.05) is 11.9 Å². The lowest BCUT2D eigenvalue weighted by Gasteiger charge is -2.22. The van der Waals surface area contributed by atoms with Crippen molar-refractivity contribution >= 4 is 22.9 Å². The van der Waals surface area contributed by atoms with E-state index in [4.69, 9.17) is 4.74 Å². The molecule has 3 rings (SSSR count). The van der Waals surface area contributed by atoms with Gasteiger partial charge in [0.15, 0.2) is 12.2 Å². The van der Waals surface area contributed by atoms with E-state index >= 15 is 0 Å². The zero-order valence-electron chi connectivity index (χ0n) is 26.3. The van der Waals surface area contributed by atoms with Crippen LogP contribution in [0.3, 0.4) is 0 Å². The predicted molar refractivity (Wildman–Crippen MR) is 174 cm³/mol. The number of aromatic nitrogens is 1. The lowest BCUT2D eigenvalue weighted by atomic mass is 9.87. The Hall–Kier alpha value is -2.66. The first kappa shape index (κ1) is 32.8. The van der Waals surface area contributed by atoms with Crippen molar-refractivity contribution in [1.82, 2.24) is 0 Å². The Morgan fingerprint density at radius 1 is 0.854 bits per heavy atom. The Morgan fingerprint density at radius 2 is 1.46 bits per heavy atom. The van der Waals surface area contributed by atoms with E-state index in [-0.39, 0.29) is 11.3 Å². The fourth-order valence-corrected chi connectivity index (χ4v) is 5.79. The van der Waals surface area contributed by atoms with Crippen LogP contribution in [0.15, 0.2) is 53.4 Å². The maximum Gasteiger partial charge on any atom is 0.255 e. The van der Waals surface area contributed by atoms with E-state index in [2.05, 4.69) is 67.5 Å². The van der Waals surface area contributed by atoms with Crippen molar-refractivity contribution in [1.29, 1.82) is 0 Å². The minimum atomic E-state index is -0.116. The number of nitrogens with one attached hydrogen (secondary N) is 1. The highest BCUT2D eigenvalue weighted by molar-refractivity contribution is 7.07. The summed E-state index contributed by atoms with van der Waals surface area (Å²) in [7, 11) is 0. The Kier molecular flexibility index (Phi) is 13.9. The molecule has 1 heterocycles. The lowest BCUT2D eigenvalue weighted by Crippen LogP contribution is -2.34. The maximum atomic E-state index is 13.1. The Labute approximate surface area is 253 Å². The second-order valence-corrected chi connectivity index (χ2v) is 13.2. The molecule has 1 amide bonds. The summed E-state index contributed by atoms with van der Waals surface area (Å²) in [4.78, 5) is 13.1. The van der Waals surface area contributed by atoms with Gasteiger partial charge in [-0.2, -0.15) is 4.57 Å². The van der Waals surface area contributed by atoms with Gasteiger partial charge in [0.25, 0.3) is 5.91 Å². The van der Waals surface area contributed by atoms with Gasteiger partial charge in [-0.1, -0.05) is 128 Å². The minimum absolute atomic E-state index is 0.00526. The molecule has 0 unspecified atom stereocenters. The number of hydrogen-bond donors (Lipinski definition) is 1. The van der Waals surface area contributed by atoms with Crippen molar-refractivity contribution in [2.45, 2.75) is 124 Å². The van der Waals surface area contributed by atoms with E-state index in [1.54, 1.807) is 11.3 Å². The van der Waals surface area contributed by atoms with Crippen LogP contribution in [0.1, 0.15) is 132 Å². The summed E-state index contributed by atoms with van der Waals surface area (Å²) in [5, 5.41) is 5.25. The molecule has 3 aromatic rings. The van der Waals surface area contributed by atoms with Gasteiger partial charge in [0.1, 0.15) is 5.75 Å². The van der Waals surface area contributed by atoms with Crippen LogP contribution >= 0.6 is 11.3 Å². The second-order valence-electron chi connectivity index (χ2n) is 12.5. The van der Waals surface area contributed by atoms with Crippen molar-refractivity contribution in [3.8, 4) is 5.75 Å². The van der Waals surface area contributed by atoms with Gasteiger partial charge in [0.05, 0.1) is 17.7 Å². The number of carbonyl (C=O) groups excluding carboxylic acids is 1. The van der Waals surface area contributed by atoms with Gasteiger partial charge < -0.3 is 10.1 Å². The van der Waals surface area contributed by atoms with Gasteiger partial charge in [0.2, 0.25) is 5.51 Å². The monoisotopic (exact) mass is 577 g/mol. The number of ether oxygens (including phenoxy) is 1. The van der Waals surface area contributed by atoms with Gasteiger partial charge >= 0.3 is 0 Å². The normalized spacial score (nSPS) is 11.5. The third-order valence-corrected chi connectivity index (χ3v) is 8.65. The minimum Gasteiger partial charge on any atom is -0.491 e. The Bertz CT molecular complexity index is 1180. The van der Waals surface area contributed by atoms with Gasteiger partial charge in [-0.25, -0.2) is 0 Å². The molecule has 41 heavy (non-hydrogen) atoms. The van der Waals surface area contributed by atoms with Crippen molar-refractivity contribution in [2.24, 2.45) is 0 Å². The molecule has 0 aliphatic carbocycles. The van der Waals surface area contributed by atoms with Crippen molar-refractivity contribution in [3.63, 3.8) is 0 Å². The van der Waals surface area contributed by atoms with E-state index in [0.717, 1.165) is 24.4 Å². The maximum absolute atomic E-state index is 13.1. The van der Waals surface area contributed by atoms with E-state index in [1.165, 1.54) is 87.4 Å². The fourth-order valence-electron chi connectivity index (χ4n) is 5.00. The summed E-state index contributed by atoms with van der Waals surface area (Å²) in [5.74, 6) is 0.643. The third-order valence-electron chi connectivity index (χ3n) is 7.80. The first-order valence-corrected chi connectivity index (χ1v) is 16.8. The van der Waals surface area contributed by atoms with E-state index < -0.39 is 0 Å². The molecule has 0 saturated carbocycles. The summed E-state index contributed by atoms with van der Waals surface area (Å²) >= 11 is 1.70. The van der Waals surface area contributed by atoms with Crippen LogP contribution in [0.4, 0.5) is 5.69 Å². The van der Waals surface area contributed by atoms with Crippen LogP contribution < -0.4 is 14.6 Å². The average Bonchev–Trinajstić information content (AvgIpc) is 3.35. The molecule has 2 aromatic carbocycles. The Morgan fingerprint density at radius 3 is 2.02 bits per heavy atom. The lowest BCUT2D eigenvalue weighted by molar-refractivity contribution is -0.689. The van der Waals surface area contributed by atoms with Crippen LogP contribution in [0.5, 0.6) is 5.75 Å². The quantitative estimate of drug-likeness (QED) is 0.121. The number of anilines is 1. The molecular weight excluding hydrogens is 524 g/mol. The highest BCUT2D eigenvalue weighted by Gasteiger charge is 2.18. The number of nitrogens with zero attached hydrogens (tertiary/aromatic N) is 1. The molecule has 1 N–H and O–H groups in total. The van der Waals surface area contributed by atoms with E-state index in [1.807, 2.05) is 30.3 Å². The number of benzene rings is 2. The van der Waals surface area contributed by atoms with Crippen LogP contribution in [-0.4, -0.2) is 12.5 Å².